The molecular weight excluding hydrogens is 447 g/mol. The predicted octanol–water partition coefficient (Wildman–Crippen LogP) is -1.00. The highest BCUT2D eigenvalue weighted by Gasteiger charge is 2.39. The van der Waals surface area contributed by atoms with Gasteiger partial charge in [0.2, 0.25) is 11.6 Å². The minimum absolute atomic E-state index is 0.0494. The number of hydrogen-bond donors (Lipinski definition) is 5. The van der Waals surface area contributed by atoms with Crippen molar-refractivity contribution < 1.29 is 38.0 Å². The summed E-state index contributed by atoms with van der Waals surface area (Å²) in [6, 6.07) is 4.86. The monoisotopic (exact) mass is 469 g/mol. The number of phosphoric acid groups is 1. The number of aromatic amines is 1. The molecule has 3 aromatic heterocycles. The van der Waals surface area contributed by atoms with Crippen LogP contribution in [0, 0.1) is 0 Å². The number of nitrogen functional groups attached to an aromatic ring is 1. The summed E-state index contributed by atoms with van der Waals surface area (Å²) in [4.78, 5) is 32.2. The van der Waals surface area contributed by atoms with E-state index in [1.807, 2.05) is 0 Å². The van der Waals surface area contributed by atoms with Gasteiger partial charge in [-0.05, 0) is 6.07 Å². The smallest absolute Gasteiger partial charge is 0.390 e. The molecule has 0 aliphatic carbocycles. The number of nitrogens with two attached hydrogens (primary N) is 1. The van der Waals surface area contributed by atoms with Gasteiger partial charge in [0.25, 0.3) is 11.8 Å². The molecule has 4 heterocycles. The lowest BCUT2D eigenvalue weighted by Gasteiger charge is -2.19. The summed E-state index contributed by atoms with van der Waals surface area (Å²) < 4.78 is 30.6. The number of aryl methyl sites for hydroxylation is 1. The van der Waals surface area contributed by atoms with E-state index in [0.717, 1.165) is 0 Å². The molecule has 0 amide bonds. The van der Waals surface area contributed by atoms with Crippen molar-refractivity contribution in [3.05, 3.63) is 46.8 Å². The predicted molar refractivity (Wildman–Crippen MR) is 107 cm³/mol. The topological polar surface area (TPSA) is 199 Å². The molecular formula is C17H22N6O8P+. The van der Waals surface area contributed by atoms with Crippen LogP contribution in [0.4, 0.5) is 5.95 Å². The molecule has 0 bridgehead atoms. The molecule has 1 aliphatic heterocycles. The number of imidazole rings is 1. The Bertz CT molecular complexity index is 1230. The van der Waals surface area contributed by atoms with Crippen molar-refractivity contribution in [2.24, 2.45) is 7.05 Å². The van der Waals surface area contributed by atoms with Crippen LogP contribution in [0.5, 0.6) is 0 Å². The van der Waals surface area contributed by atoms with Gasteiger partial charge < -0.3 is 25.6 Å². The lowest BCUT2D eigenvalue weighted by atomic mass is 10.2. The molecule has 5 atom stereocenters. The van der Waals surface area contributed by atoms with Crippen molar-refractivity contribution in [1.82, 2.24) is 19.5 Å². The second kappa shape index (κ2) is 8.67. The lowest BCUT2D eigenvalue weighted by Crippen LogP contribution is -2.35. The maximum atomic E-state index is 12.3. The first-order chi connectivity index (χ1) is 15.1. The molecule has 3 aromatic rings. The Balaban J connectivity index is 1.41. The fourth-order valence-corrected chi connectivity index (χ4v) is 4.12. The number of aliphatic hydroxyl groups is 2. The quantitative estimate of drug-likeness (QED) is 0.161. The molecule has 1 aliphatic rings. The number of pyridine rings is 1. The number of hydrogen-bond acceptors (Lipinski definition) is 10. The standard InChI is InChI=1S/C17H21N6O8P/c1-22-5-3-2-4-9(22)16(26)31-32(27,28)29-7-11-10(24)6-12(30-11)23-8-19-13-14(23)20-17(18)21-15(13)25/h2-5,8,10-12,16,24,26H,6-7H2,1H3,(H3-,18,20,21,25,27,28)/p+1/t10-,11+,12+,16?/m0/s1. The minimum Gasteiger partial charge on any atom is -0.390 e. The molecule has 4 rings (SSSR count). The summed E-state index contributed by atoms with van der Waals surface area (Å²) in [5, 5.41) is 20.4. The van der Waals surface area contributed by atoms with Crippen LogP contribution in [-0.2, 0) is 25.4 Å². The van der Waals surface area contributed by atoms with Crippen LogP contribution in [0.1, 0.15) is 24.6 Å². The van der Waals surface area contributed by atoms with Gasteiger partial charge in [-0.2, -0.15) is 4.98 Å². The van der Waals surface area contributed by atoms with E-state index in [1.165, 1.54) is 21.5 Å². The van der Waals surface area contributed by atoms with Crippen molar-refractivity contribution in [3.63, 3.8) is 0 Å². The van der Waals surface area contributed by atoms with Crippen molar-refractivity contribution in [2.75, 3.05) is 12.3 Å². The molecule has 0 saturated carbocycles. The number of anilines is 1. The average molecular weight is 469 g/mol. The maximum absolute atomic E-state index is 12.3. The molecule has 0 spiro atoms. The van der Waals surface area contributed by atoms with Gasteiger partial charge >= 0.3 is 7.82 Å². The van der Waals surface area contributed by atoms with Crippen LogP contribution in [0.25, 0.3) is 11.2 Å². The van der Waals surface area contributed by atoms with Crippen molar-refractivity contribution in [3.8, 4) is 0 Å². The number of phosphoric ester groups is 1. The Morgan fingerprint density at radius 2 is 2.28 bits per heavy atom. The summed E-state index contributed by atoms with van der Waals surface area (Å²) in [5.41, 5.74) is 5.51. The number of rotatable bonds is 7. The van der Waals surface area contributed by atoms with Crippen molar-refractivity contribution >= 4 is 24.9 Å². The van der Waals surface area contributed by atoms with Gasteiger partial charge in [0, 0.05) is 18.6 Å². The molecule has 0 aromatic carbocycles. The van der Waals surface area contributed by atoms with Gasteiger partial charge in [-0.1, -0.05) is 0 Å². The normalized spacial score (nSPS) is 23.9. The van der Waals surface area contributed by atoms with E-state index in [9.17, 15) is 24.5 Å². The lowest BCUT2D eigenvalue weighted by molar-refractivity contribution is -0.685. The minimum atomic E-state index is -4.69. The molecule has 32 heavy (non-hydrogen) atoms. The average Bonchev–Trinajstić information content (AvgIpc) is 3.29. The molecule has 2 unspecified atom stereocenters. The summed E-state index contributed by atoms with van der Waals surface area (Å²) in [6.45, 7) is -0.498. The number of fused-ring (bicyclic) bond motifs is 1. The Kier molecular flexibility index (Phi) is 6.09. The van der Waals surface area contributed by atoms with E-state index < -0.39 is 44.7 Å². The van der Waals surface area contributed by atoms with E-state index in [1.54, 1.807) is 25.4 Å². The summed E-state index contributed by atoms with van der Waals surface area (Å²) in [6.07, 6.45) is -1.52. The molecule has 172 valence electrons. The first kappa shape index (κ1) is 22.5. The Hall–Kier alpha value is -2.71. The number of nitrogens with zero attached hydrogens (tertiary/aromatic N) is 4. The van der Waals surface area contributed by atoms with Gasteiger partial charge in [-0.15, -0.1) is 0 Å². The molecule has 14 nitrogen and oxygen atoms in total. The van der Waals surface area contributed by atoms with E-state index in [2.05, 4.69) is 15.0 Å². The number of ether oxygens (including phenoxy) is 1. The SMILES string of the molecule is C[n+]1ccccc1C(O)OP(=O)(O)OC[C@H]1O[C@@H](n2cnc3c(=O)[nH]c(N)nc32)C[C@@H]1O. The van der Waals surface area contributed by atoms with E-state index in [0.29, 0.717) is 0 Å². The number of aromatic nitrogens is 5. The number of nitrogens with one attached hydrogen (secondary N) is 1. The fraction of sp³-hybridized carbons (Fsp3) is 0.412. The van der Waals surface area contributed by atoms with Crippen LogP contribution in [0.2, 0.25) is 0 Å². The number of H-pyrrole nitrogens is 1. The summed E-state index contributed by atoms with van der Waals surface area (Å²) >= 11 is 0. The van der Waals surface area contributed by atoms with E-state index in [-0.39, 0.29) is 29.2 Å². The number of aliphatic hydroxyl groups excluding tert-OH is 2. The van der Waals surface area contributed by atoms with Crippen LogP contribution in [0.15, 0.2) is 35.5 Å². The van der Waals surface area contributed by atoms with Gasteiger partial charge in [0.1, 0.15) is 19.4 Å². The van der Waals surface area contributed by atoms with Crippen LogP contribution >= 0.6 is 7.82 Å². The zero-order chi connectivity index (χ0) is 23.0. The fourth-order valence-electron chi connectivity index (χ4n) is 3.36. The summed E-state index contributed by atoms with van der Waals surface area (Å²) in [7, 11) is -3.06. The van der Waals surface area contributed by atoms with E-state index in [4.69, 9.17) is 19.5 Å². The highest BCUT2D eigenvalue weighted by atomic mass is 31.2. The third kappa shape index (κ3) is 4.56. The second-order valence-electron chi connectivity index (χ2n) is 7.17. The van der Waals surface area contributed by atoms with Crippen molar-refractivity contribution in [1.29, 1.82) is 0 Å². The van der Waals surface area contributed by atoms with Gasteiger partial charge in [-0.25, -0.2) is 18.6 Å². The van der Waals surface area contributed by atoms with Gasteiger partial charge in [0.05, 0.1) is 19.0 Å². The van der Waals surface area contributed by atoms with Crippen LogP contribution in [0.3, 0.4) is 0 Å². The highest BCUT2D eigenvalue weighted by molar-refractivity contribution is 7.47. The van der Waals surface area contributed by atoms with Gasteiger partial charge in [0.15, 0.2) is 17.4 Å². The molecule has 1 fully saturated rings. The largest absolute Gasteiger partial charge is 0.475 e. The van der Waals surface area contributed by atoms with Crippen LogP contribution < -0.4 is 15.9 Å². The Morgan fingerprint density at radius 1 is 1.50 bits per heavy atom. The Morgan fingerprint density at radius 3 is 3.03 bits per heavy atom. The first-order valence-electron chi connectivity index (χ1n) is 9.49. The third-order valence-electron chi connectivity index (χ3n) is 4.95. The first-order valence-corrected chi connectivity index (χ1v) is 11.0. The maximum Gasteiger partial charge on any atom is 0.475 e. The Labute approximate surface area is 180 Å². The zero-order valence-electron chi connectivity index (χ0n) is 16.8. The molecule has 1 saturated heterocycles. The molecule has 6 N–H and O–H groups in total. The highest BCUT2D eigenvalue weighted by Crippen LogP contribution is 2.47. The molecule has 15 heteroatoms. The van der Waals surface area contributed by atoms with Gasteiger partial charge in [-0.3, -0.25) is 18.9 Å². The molecule has 0 radical (unpaired) electrons. The van der Waals surface area contributed by atoms with E-state index >= 15 is 0 Å². The summed E-state index contributed by atoms with van der Waals surface area (Å²) in [5.74, 6) is -0.105. The third-order valence-corrected chi connectivity index (χ3v) is 5.89. The zero-order valence-corrected chi connectivity index (χ0v) is 17.7. The van der Waals surface area contributed by atoms with Crippen LogP contribution in [-0.4, -0.2) is 53.4 Å². The second-order valence-corrected chi connectivity index (χ2v) is 8.57. The van der Waals surface area contributed by atoms with Crippen molar-refractivity contribution in [2.45, 2.75) is 31.1 Å².